The van der Waals surface area contributed by atoms with Gasteiger partial charge >= 0.3 is 0 Å². The summed E-state index contributed by atoms with van der Waals surface area (Å²) < 4.78 is 1.63. The molecule has 0 unspecified atom stereocenters. The average Bonchev–Trinajstić information content (AvgIpc) is 2.95. The second kappa shape index (κ2) is 5.06. The van der Waals surface area contributed by atoms with Gasteiger partial charge in [-0.2, -0.15) is 14.9 Å². The van der Waals surface area contributed by atoms with Crippen molar-refractivity contribution >= 4 is 16.3 Å². The van der Waals surface area contributed by atoms with Crippen molar-refractivity contribution in [3.8, 4) is 17.3 Å². The van der Waals surface area contributed by atoms with E-state index in [2.05, 4.69) is 35.2 Å². The van der Waals surface area contributed by atoms with Crippen LogP contribution < -0.4 is 0 Å². The van der Waals surface area contributed by atoms with Crippen molar-refractivity contribution in [1.82, 2.24) is 14.6 Å². The molecule has 3 aromatic rings. The zero-order valence-electron chi connectivity index (χ0n) is 11.4. The highest BCUT2D eigenvalue weighted by Gasteiger charge is 2.16. The minimum atomic E-state index is 0.507. The van der Waals surface area contributed by atoms with Crippen molar-refractivity contribution in [1.29, 1.82) is 5.26 Å². The van der Waals surface area contributed by atoms with Crippen molar-refractivity contribution in [2.24, 2.45) is 0 Å². The normalized spacial score (nSPS) is 10.8. The predicted molar refractivity (Wildman–Crippen MR) is 79.7 cm³/mol. The first-order valence-electron chi connectivity index (χ1n) is 6.58. The molecular formula is C15H14N4S. The van der Waals surface area contributed by atoms with E-state index in [4.69, 9.17) is 0 Å². The molecule has 1 aromatic carbocycles. The predicted octanol–water partition coefficient (Wildman–Crippen LogP) is 3.59. The Kier molecular flexibility index (Phi) is 3.25. The Morgan fingerprint density at radius 3 is 2.70 bits per heavy atom. The van der Waals surface area contributed by atoms with Gasteiger partial charge in [0.05, 0.1) is 0 Å². The number of aromatic nitrogens is 3. The molecule has 0 aliphatic rings. The fourth-order valence-electron chi connectivity index (χ4n) is 2.26. The third-order valence-corrected chi connectivity index (χ3v) is 4.00. The van der Waals surface area contributed by atoms with E-state index in [1.54, 1.807) is 4.52 Å². The van der Waals surface area contributed by atoms with E-state index < -0.39 is 0 Å². The quantitative estimate of drug-likeness (QED) is 0.737. The van der Waals surface area contributed by atoms with Crippen LogP contribution in [-0.2, 0) is 6.42 Å². The highest BCUT2D eigenvalue weighted by molar-refractivity contribution is 7.16. The largest absolute Gasteiger partial charge is 0.216 e. The number of aryl methyl sites for hydroxylation is 2. The third-order valence-electron chi connectivity index (χ3n) is 3.18. The standard InChI is InChI=1S/C15H14N4S/c1-3-4-11-5-7-12(8-6-11)14-13(9-16)19-15(17-14)20-10(2)18-19/h5-8H,3-4H2,1-2H3. The van der Waals surface area contributed by atoms with Crippen molar-refractivity contribution in [3.05, 3.63) is 40.5 Å². The topological polar surface area (TPSA) is 54.0 Å². The molecule has 0 saturated heterocycles. The molecule has 100 valence electrons. The number of hydrogen-bond acceptors (Lipinski definition) is 4. The highest BCUT2D eigenvalue weighted by Crippen LogP contribution is 2.26. The number of imidazole rings is 1. The number of nitrogens with zero attached hydrogens (tertiary/aromatic N) is 4. The summed E-state index contributed by atoms with van der Waals surface area (Å²) in [4.78, 5) is 5.32. The van der Waals surface area contributed by atoms with E-state index in [-0.39, 0.29) is 0 Å². The molecule has 0 spiro atoms. The first-order chi connectivity index (χ1) is 9.72. The van der Waals surface area contributed by atoms with Gasteiger partial charge in [-0.1, -0.05) is 48.9 Å². The van der Waals surface area contributed by atoms with Gasteiger partial charge in [0.15, 0.2) is 5.69 Å². The Hall–Kier alpha value is -2.19. The van der Waals surface area contributed by atoms with Crippen molar-refractivity contribution in [2.75, 3.05) is 0 Å². The van der Waals surface area contributed by atoms with Gasteiger partial charge in [0.1, 0.15) is 16.8 Å². The maximum atomic E-state index is 9.37. The lowest BCUT2D eigenvalue weighted by molar-refractivity contribution is 0.922. The lowest BCUT2D eigenvalue weighted by atomic mass is 10.1. The Morgan fingerprint density at radius 2 is 2.05 bits per heavy atom. The monoisotopic (exact) mass is 282 g/mol. The second-order valence-electron chi connectivity index (χ2n) is 4.68. The molecule has 5 heteroatoms. The van der Waals surface area contributed by atoms with E-state index >= 15 is 0 Å². The molecule has 0 amide bonds. The van der Waals surface area contributed by atoms with Crippen LogP contribution in [0.4, 0.5) is 0 Å². The van der Waals surface area contributed by atoms with Crippen LogP contribution >= 0.6 is 11.3 Å². The lowest BCUT2D eigenvalue weighted by Crippen LogP contribution is -1.91. The maximum Gasteiger partial charge on any atom is 0.213 e. The molecule has 0 bridgehead atoms. The van der Waals surface area contributed by atoms with Crippen molar-refractivity contribution in [3.63, 3.8) is 0 Å². The van der Waals surface area contributed by atoms with Gasteiger partial charge in [-0.3, -0.25) is 0 Å². The zero-order chi connectivity index (χ0) is 14.1. The first kappa shape index (κ1) is 12.8. The number of fused-ring (bicyclic) bond motifs is 1. The first-order valence-corrected chi connectivity index (χ1v) is 7.40. The lowest BCUT2D eigenvalue weighted by Gasteiger charge is -2.01. The average molecular weight is 282 g/mol. The zero-order valence-corrected chi connectivity index (χ0v) is 12.2. The van der Waals surface area contributed by atoms with Crippen molar-refractivity contribution < 1.29 is 0 Å². The van der Waals surface area contributed by atoms with E-state index in [0.29, 0.717) is 11.4 Å². The Morgan fingerprint density at radius 1 is 1.30 bits per heavy atom. The van der Waals surface area contributed by atoms with Crippen LogP contribution in [0.2, 0.25) is 0 Å². The van der Waals surface area contributed by atoms with Gasteiger partial charge in [0, 0.05) is 5.56 Å². The summed E-state index contributed by atoms with van der Waals surface area (Å²) in [5, 5.41) is 14.6. The van der Waals surface area contributed by atoms with Crippen LogP contribution in [0.5, 0.6) is 0 Å². The summed E-state index contributed by atoms with van der Waals surface area (Å²) in [5.74, 6) is 0. The summed E-state index contributed by atoms with van der Waals surface area (Å²) in [5.41, 5.74) is 3.50. The molecule has 4 nitrogen and oxygen atoms in total. The molecule has 0 aliphatic heterocycles. The van der Waals surface area contributed by atoms with Crippen LogP contribution in [0, 0.1) is 18.3 Å². The minimum Gasteiger partial charge on any atom is -0.216 e. The van der Waals surface area contributed by atoms with Crippen LogP contribution in [0.3, 0.4) is 0 Å². The molecule has 20 heavy (non-hydrogen) atoms. The molecule has 3 rings (SSSR count). The van der Waals surface area contributed by atoms with Crippen LogP contribution in [-0.4, -0.2) is 14.6 Å². The maximum absolute atomic E-state index is 9.37. The third kappa shape index (κ3) is 2.08. The Labute approximate surface area is 121 Å². The van der Waals surface area contributed by atoms with Crippen LogP contribution in [0.15, 0.2) is 24.3 Å². The smallest absolute Gasteiger partial charge is 0.213 e. The van der Waals surface area contributed by atoms with Gasteiger partial charge < -0.3 is 0 Å². The van der Waals surface area contributed by atoms with Crippen LogP contribution in [0.1, 0.15) is 29.6 Å². The van der Waals surface area contributed by atoms with E-state index in [0.717, 1.165) is 28.4 Å². The fraction of sp³-hybridized carbons (Fsp3) is 0.267. The molecule has 0 atom stereocenters. The summed E-state index contributed by atoms with van der Waals surface area (Å²) in [6.45, 7) is 4.08. The molecule has 0 fully saturated rings. The van der Waals surface area contributed by atoms with Gasteiger partial charge in [0.25, 0.3) is 0 Å². The number of benzene rings is 1. The van der Waals surface area contributed by atoms with E-state index in [1.165, 1.54) is 16.9 Å². The molecule has 0 saturated carbocycles. The SMILES string of the molecule is CCCc1ccc(-c2nc3sc(C)nn3c2C#N)cc1. The van der Waals surface area contributed by atoms with Gasteiger partial charge in [-0.15, -0.1) is 0 Å². The fourth-order valence-corrected chi connectivity index (χ4v) is 3.01. The Bertz CT molecular complexity index is 790. The number of hydrogen-bond donors (Lipinski definition) is 0. The molecule has 2 aromatic heterocycles. The molecule has 0 N–H and O–H groups in total. The molecule has 2 heterocycles. The van der Waals surface area contributed by atoms with E-state index in [1.807, 2.05) is 19.1 Å². The van der Waals surface area contributed by atoms with E-state index in [9.17, 15) is 5.26 Å². The molecule has 0 radical (unpaired) electrons. The molecule has 0 aliphatic carbocycles. The summed E-state index contributed by atoms with van der Waals surface area (Å²) >= 11 is 1.50. The number of nitriles is 1. The summed E-state index contributed by atoms with van der Waals surface area (Å²) in [6.07, 6.45) is 2.20. The van der Waals surface area contributed by atoms with Gasteiger partial charge in [-0.25, -0.2) is 4.98 Å². The van der Waals surface area contributed by atoms with Crippen LogP contribution in [0.25, 0.3) is 16.2 Å². The minimum absolute atomic E-state index is 0.507. The molecular weight excluding hydrogens is 268 g/mol. The Balaban J connectivity index is 2.09. The van der Waals surface area contributed by atoms with Gasteiger partial charge in [-0.05, 0) is 18.9 Å². The van der Waals surface area contributed by atoms with Crippen molar-refractivity contribution in [2.45, 2.75) is 26.7 Å². The second-order valence-corrected chi connectivity index (χ2v) is 5.84. The highest BCUT2D eigenvalue weighted by atomic mass is 32.1. The summed E-state index contributed by atoms with van der Waals surface area (Å²) in [7, 11) is 0. The number of rotatable bonds is 3. The van der Waals surface area contributed by atoms with Gasteiger partial charge in [0.2, 0.25) is 4.96 Å². The summed E-state index contributed by atoms with van der Waals surface area (Å²) in [6, 6.07) is 10.5.